The minimum Gasteiger partial charge on any atom is -0.444 e. The van der Waals surface area contributed by atoms with Crippen LogP contribution in [0.1, 0.15) is 27.2 Å². The van der Waals surface area contributed by atoms with Crippen molar-refractivity contribution < 1.29 is 19.0 Å². The van der Waals surface area contributed by atoms with Gasteiger partial charge in [-0.1, -0.05) is 0 Å². The van der Waals surface area contributed by atoms with Crippen molar-refractivity contribution in [3.63, 3.8) is 0 Å². The molecule has 0 aromatic rings. The lowest BCUT2D eigenvalue weighted by Gasteiger charge is -2.27. The zero-order valence-corrected chi connectivity index (χ0v) is 9.36. The van der Waals surface area contributed by atoms with Crippen molar-refractivity contribution in [1.29, 1.82) is 0 Å². The van der Waals surface area contributed by atoms with Crippen LogP contribution in [-0.2, 0) is 4.74 Å². The molecule has 4 nitrogen and oxygen atoms in total. The summed E-state index contributed by atoms with van der Waals surface area (Å²) in [6.45, 7) is 5.05. The zero-order valence-electron chi connectivity index (χ0n) is 9.36. The van der Waals surface area contributed by atoms with Crippen molar-refractivity contribution in [2.24, 2.45) is 0 Å². The highest BCUT2D eigenvalue weighted by Gasteiger charge is 2.37. The molecule has 1 aliphatic rings. The van der Waals surface area contributed by atoms with Gasteiger partial charge < -0.3 is 9.84 Å². The molecule has 0 aromatic carbocycles. The first-order valence-corrected chi connectivity index (χ1v) is 5.08. The number of ether oxygens (including phenoxy) is 1. The maximum absolute atomic E-state index is 13.0. The van der Waals surface area contributed by atoms with E-state index in [0.717, 1.165) is 0 Å². The highest BCUT2D eigenvalue weighted by atomic mass is 19.1. The molecule has 1 heterocycles. The highest BCUT2D eigenvalue weighted by Crippen LogP contribution is 2.22. The number of carbonyl (C=O) groups is 1. The maximum atomic E-state index is 13.0. The van der Waals surface area contributed by atoms with E-state index in [-0.39, 0.29) is 19.6 Å². The first kappa shape index (κ1) is 12.2. The Morgan fingerprint density at radius 3 is 2.67 bits per heavy atom. The summed E-state index contributed by atoms with van der Waals surface area (Å²) >= 11 is 0. The minimum atomic E-state index is -1.06. The van der Waals surface area contributed by atoms with Gasteiger partial charge in [0.05, 0.1) is 19.2 Å². The molecule has 0 bridgehead atoms. The van der Waals surface area contributed by atoms with E-state index in [2.05, 4.69) is 0 Å². The first-order valence-electron chi connectivity index (χ1n) is 5.08. The lowest BCUT2D eigenvalue weighted by Crippen LogP contribution is -2.41. The topological polar surface area (TPSA) is 49.8 Å². The summed E-state index contributed by atoms with van der Waals surface area (Å²) in [5.74, 6) is 0. The number of aliphatic hydroxyl groups excluding tert-OH is 1. The Bertz CT molecular complexity index is 239. The lowest BCUT2D eigenvalue weighted by atomic mass is 10.2. The van der Waals surface area contributed by atoms with Gasteiger partial charge in [-0.3, -0.25) is 4.90 Å². The number of hydrogen-bond acceptors (Lipinski definition) is 3. The fourth-order valence-corrected chi connectivity index (χ4v) is 1.58. The van der Waals surface area contributed by atoms with Crippen LogP contribution in [0.2, 0.25) is 0 Å². The van der Waals surface area contributed by atoms with E-state index in [0.29, 0.717) is 0 Å². The van der Waals surface area contributed by atoms with Crippen LogP contribution in [0.5, 0.6) is 0 Å². The number of carbonyl (C=O) groups excluding carboxylic acids is 1. The molecule has 5 heteroatoms. The fourth-order valence-electron chi connectivity index (χ4n) is 1.58. The van der Waals surface area contributed by atoms with Crippen LogP contribution in [0.15, 0.2) is 0 Å². The first-order chi connectivity index (χ1) is 6.83. The lowest BCUT2D eigenvalue weighted by molar-refractivity contribution is 0.0170. The standard InChI is InChI=1S/C10H18FNO3/c1-10(2,3)15-9(14)12-5-7(11)4-8(12)6-13/h7-8,13H,4-6H2,1-3H3/t7-,8?/m0/s1. The van der Waals surface area contributed by atoms with Crippen LogP contribution in [-0.4, -0.2) is 47.1 Å². The van der Waals surface area contributed by atoms with Crippen LogP contribution < -0.4 is 0 Å². The third kappa shape index (κ3) is 3.34. The second-order valence-corrected chi connectivity index (χ2v) is 4.80. The molecule has 88 valence electrons. The number of halogens is 1. The molecule has 0 spiro atoms. The Morgan fingerprint density at radius 1 is 1.60 bits per heavy atom. The van der Waals surface area contributed by atoms with Crippen molar-refractivity contribution in [3.8, 4) is 0 Å². The van der Waals surface area contributed by atoms with Gasteiger partial charge in [0, 0.05) is 6.42 Å². The van der Waals surface area contributed by atoms with Gasteiger partial charge in [-0.05, 0) is 20.8 Å². The number of hydrogen-bond donors (Lipinski definition) is 1. The second-order valence-electron chi connectivity index (χ2n) is 4.80. The van der Waals surface area contributed by atoms with Gasteiger partial charge in [0.15, 0.2) is 0 Å². The van der Waals surface area contributed by atoms with E-state index >= 15 is 0 Å². The number of nitrogens with zero attached hydrogens (tertiary/aromatic N) is 1. The average molecular weight is 219 g/mol. The van der Waals surface area contributed by atoms with Crippen molar-refractivity contribution in [3.05, 3.63) is 0 Å². The molecule has 1 N–H and O–H groups in total. The molecule has 2 atom stereocenters. The second kappa shape index (κ2) is 4.35. The molecule has 0 aromatic heterocycles. The molecule has 1 amide bonds. The normalized spacial score (nSPS) is 26.9. The van der Waals surface area contributed by atoms with Gasteiger partial charge in [-0.2, -0.15) is 0 Å². The molecule has 0 radical (unpaired) electrons. The predicted octanol–water partition coefficient (Wildman–Crippen LogP) is 1.33. The number of amides is 1. The number of rotatable bonds is 1. The summed E-state index contributed by atoms with van der Waals surface area (Å²) in [5.41, 5.74) is -0.592. The molecule has 1 saturated heterocycles. The smallest absolute Gasteiger partial charge is 0.410 e. The molecule has 1 aliphatic heterocycles. The third-order valence-electron chi connectivity index (χ3n) is 2.20. The Labute approximate surface area is 89.0 Å². The van der Waals surface area contributed by atoms with Crippen LogP contribution >= 0.6 is 0 Å². The van der Waals surface area contributed by atoms with E-state index in [4.69, 9.17) is 9.84 Å². The molecule has 1 fully saturated rings. The van der Waals surface area contributed by atoms with Crippen molar-refractivity contribution in [2.45, 2.75) is 45.0 Å². The summed E-state index contributed by atoms with van der Waals surface area (Å²) < 4.78 is 18.2. The Hall–Kier alpha value is -0.840. The van der Waals surface area contributed by atoms with Gasteiger partial charge in [-0.15, -0.1) is 0 Å². The van der Waals surface area contributed by atoms with Crippen LogP contribution in [0, 0.1) is 0 Å². The minimum absolute atomic E-state index is 0.0140. The van der Waals surface area contributed by atoms with E-state index in [1.54, 1.807) is 20.8 Å². The monoisotopic (exact) mass is 219 g/mol. The Morgan fingerprint density at radius 2 is 2.20 bits per heavy atom. The van der Waals surface area contributed by atoms with Gasteiger partial charge in [0.1, 0.15) is 11.8 Å². The van der Waals surface area contributed by atoms with Gasteiger partial charge >= 0.3 is 6.09 Å². The molecule has 1 rings (SSSR count). The summed E-state index contributed by atoms with van der Waals surface area (Å²) in [5, 5.41) is 8.99. The van der Waals surface area contributed by atoms with Gasteiger partial charge in [0.25, 0.3) is 0 Å². The molecule has 15 heavy (non-hydrogen) atoms. The summed E-state index contributed by atoms with van der Waals surface area (Å²) in [4.78, 5) is 12.9. The van der Waals surface area contributed by atoms with Crippen molar-refractivity contribution >= 4 is 6.09 Å². The molecule has 0 saturated carbocycles. The number of alkyl halides is 1. The summed E-state index contributed by atoms with van der Waals surface area (Å²) in [6.07, 6.45) is -1.42. The number of likely N-dealkylation sites (tertiary alicyclic amines) is 1. The van der Waals surface area contributed by atoms with Gasteiger partial charge in [-0.25, -0.2) is 9.18 Å². The highest BCUT2D eigenvalue weighted by molar-refractivity contribution is 5.69. The summed E-state index contributed by atoms with van der Waals surface area (Å²) in [6, 6.07) is -0.449. The fraction of sp³-hybridized carbons (Fsp3) is 0.900. The van der Waals surface area contributed by atoms with Crippen molar-refractivity contribution in [2.75, 3.05) is 13.2 Å². The molecule has 1 unspecified atom stereocenters. The summed E-state index contributed by atoms with van der Waals surface area (Å²) in [7, 11) is 0. The quantitative estimate of drug-likeness (QED) is 0.723. The Kier molecular flexibility index (Phi) is 3.54. The van der Waals surface area contributed by atoms with Crippen molar-refractivity contribution in [1.82, 2.24) is 4.90 Å². The van der Waals surface area contributed by atoms with E-state index in [9.17, 15) is 9.18 Å². The van der Waals surface area contributed by atoms with Crippen LogP contribution in [0.25, 0.3) is 0 Å². The van der Waals surface area contributed by atoms with Crippen LogP contribution in [0.4, 0.5) is 9.18 Å². The molecular weight excluding hydrogens is 201 g/mol. The zero-order chi connectivity index (χ0) is 11.6. The SMILES string of the molecule is CC(C)(C)OC(=O)N1C[C@@H](F)CC1CO. The molecule has 0 aliphatic carbocycles. The van der Waals surface area contributed by atoms with E-state index in [1.807, 2.05) is 0 Å². The maximum Gasteiger partial charge on any atom is 0.410 e. The average Bonchev–Trinajstić information content (AvgIpc) is 2.43. The van der Waals surface area contributed by atoms with Crippen LogP contribution in [0.3, 0.4) is 0 Å². The van der Waals surface area contributed by atoms with E-state index in [1.165, 1.54) is 4.90 Å². The predicted molar refractivity (Wildman–Crippen MR) is 53.3 cm³/mol. The Balaban J connectivity index is 2.59. The van der Waals surface area contributed by atoms with E-state index < -0.39 is 23.9 Å². The third-order valence-corrected chi connectivity index (χ3v) is 2.20. The number of aliphatic hydroxyl groups is 1. The molecular formula is C10H18FNO3. The largest absolute Gasteiger partial charge is 0.444 e. The van der Waals surface area contributed by atoms with Gasteiger partial charge in [0.2, 0.25) is 0 Å².